The van der Waals surface area contributed by atoms with Crippen LogP contribution in [0.2, 0.25) is 0 Å². The van der Waals surface area contributed by atoms with Crippen LogP contribution >= 0.6 is 11.3 Å². The highest BCUT2D eigenvalue weighted by Gasteiger charge is 2.11. The molecule has 1 atom stereocenters. The van der Waals surface area contributed by atoms with Crippen molar-refractivity contribution in [1.82, 2.24) is 5.32 Å². The molecular weight excluding hydrogens is 272 g/mol. The summed E-state index contributed by atoms with van der Waals surface area (Å²) in [7, 11) is -2.97. The number of sulfone groups is 1. The molecule has 0 saturated carbocycles. The van der Waals surface area contributed by atoms with Crippen molar-refractivity contribution < 1.29 is 13.2 Å². The monoisotopic (exact) mass is 290 g/mol. The van der Waals surface area contributed by atoms with Gasteiger partial charge in [0, 0.05) is 30.6 Å². The minimum absolute atomic E-state index is 0.105. The van der Waals surface area contributed by atoms with Gasteiger partial charge in [-0.15, -0.1) is 11.3 Å². The topological polar surface area (TPSA) is 75.3 Å². The maximum atomic E-state index is 11.1. The Morgan fingerprint density at radius 3 is 2.72 bits per heavy atom. The lowest BCUT2D eigenvalue weighted by molar-refractivity contribution is -0.114. The van der Waals surface area contributed by atoms with Gasteiger partial charge in [0.05, 0.1) is 11.4 Å². The third-order valence-corrected chi connectivity index (χ3v) is 4.25. The Morgan fingerprint density at radius 2 is 2.17 bits per heavy atom. The van der Waals surface area contributed by atoms with Gasteiger partial charge in [0.1, 0.15) is 9.84 Å². The lowest BCUT2D eigenvalue weighted by atomic mass is 10.3. The molecular formula is C11H18N2O3S2. The fourth-order valence-electron chi connectivity index (χ4n) is 1.56. The molecule has 1 heterocycles. The summed E-state index contributed by atoms with van der Waals surface area (Å²) in [4.78, 5) is 12.0. The zero-order chi connectivity index (χ0) is 13.8. The summed E-state index contributed by atoms with van der Waals surface area (Å²) in [6.07, 6.45) is 1.22. The minimum Gasteiger partial charge on any atom is -0.325 e. The number of anilines is 1. The number of carbonyl (C=O) groups excluding carboxylic acids is 1. The van der Waals surface area contributed by atoms with Crippen molar-refractivity contribution in [1.29, 1.82) is 0 Å². The summed E-state index contributed by atoms with van der Waals surface area (Å²) < 4.78 is 22.2. The van der Waals surface area contributed by atoms with E-state index >= 15 is 0 Å². The largest absolute Gasteiger partial charge is 0.325 e. The molecule has 102 valence electrons. The van der Waals surface area contributed by atoms with Gasteiger partial charge in [-0.05, 0) is 18.4 Å². The lowest BCUT2D eigenvalue weighted by Gasteiger charge is -2.12. The molecule has 0 saturated heterocycles. The summed E-state index contributed by atoms with van der Waals surface area (Å²) in [5.41, 5.74) is 0.784. The van der Waals surface area contributed by atoms with E-state index < -0.39 is 9.84 Å². The maximum Gasteiger partial charge on any atom is 0.221 e. The molecule has 0 aromatic carbocycles. The van der Waals surface area contributed by atoms with Crippen LogP contribution < -0.4 is 10.6 Å². The number of thiophene rings is 1. The average molecular weight is 290 g/mol. The van der Waals surface area contributed by atoms with E-state index in [-0.39, 0.29) is 17.7 Å². The van der Waals surface area contributed by atoms with Crippen molar-refractivity contribution in [2.24, 2.45) is 0 Å². The van der Waals surface area contributed by atoms with Crippen molar-refractivity contribution in [3.63, 3.8) is 0 Å². The summed E-state index contributed by atoms with van der Waals surface area (Å²) >= 11 is 1.52. The third-order valence-electron chi connectivity index (χ3n) is 2.22. The quantitative estimate of drug-likeness (QED) is 0.826. The molecule has 18 heavy (non-hydrogen) atoms. The zero-order valence-corrected chi connectivity index (χ0v) is 12.3. The summed E-state index contributed by atoms with van der Waals surface area (Å²) in [6, 6.07) is 1.72. The zero-order valence-electron chi connectivity index (χ0n) is 10.7. The van der Waals surface area contributed by atoms with Crippen molar-refractivity contribution >= 4 is 32.8 Å². The van der Waals surface area contributed by atoms with Gasteiger partial charge in [-0.2, -0.15) is 0 Å². The van der Waals surface area contributed by atoms with Crippen molar-refractivity contribution in [2.45, 2.75) is 26.4 Å². The van der Waals surface area contributed by atoms with Gasteiger partial charge in [-0.25, -0.2) is 8.42 Å². The van der Waals surface area contributed by atoms with Gasteiger partial charge in [-0.1, -0.05) is 0 Å². The van der Waals surface area contributed by atoms with Gasteiger partial charge < -0.3 is 10.6 Å². The third kappa shape index (κ3) is 5.61. The Hall–Kier alpha value is -0.920. The highest BCUT2D eigenvalue weighted by atomic mass is 32.2. The lowest BCUT2D eigenvalue weighted by Crippen LogP contribution is -2.32. The number of hydrogen-bond acceptors (Lipinski definition) is 5. The average Bonchev–Trinajstić information content (AvgIpc) is 2.58. The maximum absolute atomic E-state index is 11.1. The minimum atomic E-state index is -2.97. The van der Waals surface area contributed by atoms with Crippen molar-refractivity contribution in [2.75, 3.05) is 17.3 Å². The van der Waals surface area contributed by atoms with Gasteiger partial charge >= 0.3 is 0 Å². The first-order valence-corrected chi connectivity index (χ1v) is 8.47. The molecule has 0 fully saturated rings. The van der Waals surface area contributed by atoms with E-state index in [1.54, 1.807) is 0 Å². The van der Waals surface area contributed by atoms with Crippen LogP contribution in [-0.2, 0) is 21.2 Å². The number of rotatable bonds is 6. The van der Waals surface area contributed by atoms with E-state index in [0.717, 1.165) is 10.6 Å². The molecule has 5 nitrogen and oxygen atoms in total. The van der Waals surface area contributed by atoms with E-state index in [1.807, 2.05) is 18.4 Å². The molecule has 0 spiro atoms. The first-order chi connectivity index (χ1) is 8.28. The number of hydrogen-bond donors (Lipinski definition) is 2. The molecule has 2 N–H and O–H groups in total. The van der Waals surface area contributed by atoms with Gasteiger partial charge in [0.15, 0.2) is 0 Å². The Labute approximate surface area is 112 Å². The predicted octanol–water partition coefficient (Wildman–Crippen LogP) is 1.23. The van der Waals surface area contributed by atoms with Crippen molar-refractivity contribution in [3.05, 3.63) is 16.3 Å². The van der Waals surface area contributed by atoms with E-state index in [2.05, 4.69) is 10.6 Å². The number of carbonyl (C=O) groups is 1. The fraction of sp³-hybridized carbons (Fsp3) is 0.545. The Kier molecular flexibility index (Phi) is 5.30. The molecule has 0 aliphatic heterocycles. The van der Waals surface area contributed by atoms with Crippen LogP contribution in [0.4, 0.5) is 5.69 Å². The molecule has 7 heteroatoms. The molecule has 0 aliphatic carbocycles. The molecule has 0 radical (unpaired) electrons. The first-order valence-electron chi connectivity index (χ1n) is 5.53. The summed E-state index contributed by atoms with van der Waals surface area (Å²) in [6.45, 7) is 3.83. The van der Waals surface area contributed by atoms with Crippen LogP contribution in [0.15, 0.2) is 11.4 Å². The second kappa shape index (κ2) is 6.31. The van der Waals surface area contributed by atoms with Gasteiger partial charge in [-0.3, -0.25) is 4.79 Å². The molecule has 1 aromatic heterocycles. The number of amides is 1. The Bertz CT molecular complexity index is 508. The van der Waals surface area contributed by atoms with E-state index in [0.29, 0.717) is 6.54 Å². The first kappa shape index (κ1) is 15.1. The predicted molar refractivity (Wildman–Crippen MR) is 74.6 cm³/mol. The van der Waals surface area contributed by atoms with Crippen LogP contribution in [0.5, 0.6) is 0 Å². The molecule has 0 aliphatic rings. The SMILES string of the molecule is CC(=O)Nc1ccsc1CNC(C)CS(C)(=O)=O. The number of nitrogens with one attached hydrogen (secondary N) is 2. The molecule has 1 rings (SSSR count). The van der Waals surface area contributed by atoms with E-state index in [1.165, 1.54) is 24.5 Å². The summed E-state index contributed by atoms with van der Waals surface area (Å²) in [5, 5.41) is 7.77. The highest BCUT2D eigenvalue weighted by Crippen LogP contribution is 2.22. The van der Waals surface area contributed by atoms with Crippen LogP contribution in [0.25, 0.3) is 0 Å². The molecule has 1 aromatic rings. The molecule has 1 unspecified atom stereocenters. The Balaban J connectivity index is 2.53. The second-order valence-electron chi connectivity index (χ2n) is 4.31. The van der Waals surface area contributed by atoms with Crippen LogP contribution in [-0.4, -0.2) is 32.4 Å². The molecule has 1 amide bonds. The highest BCUT2D eigenvalue weighted by molar-refractivity contribution is 7.90. The summed E-state index contributed by atoms with van der Waals surface area (Å²) in [5.74, 6) is -0.00718. The normalized spacial score (nSPS) is 13.3. The standard InChI is InChI=1S/C11H18N2O3S2/c1-8(7-18(3,15)16)12-6-11-10(4-5-17-11)13-9(2)14/h4-5,8,12H,6-7H2,1-3H3,(H,13,14). The van der Waals surface area contributed by atoms with Crippen LogP contribution in [0.3, 0.4) is 0 Å². The van der Waals surface area contributed by atoms with Crippen LogP contribution in [0.1, 0.15) is 18.7 Å². The smallest absolute Gasteiger partial charge is 0.221 e. The van der Waals surface area contributed by atoms with E-state index in [9.17, 15) is 13.2 Å². The second-order valence-corrected chi connectivity index (χ2v) is 7.50. The van der Waals surface area contributed by atoms with Gasteiger partial charge in [0.2, 0.25) is 5.91 Å². The molecule has 0 bridgehead atoms. The fourth-order valence-corrected chi connectivity index (χ4v) is 3.37. The van der Waals surface area contributed by atoms with Gasteiger partial charge in [0.25, 0.3) is 0 Å². The van der Waals surface area contributed by atoms with Crippen molar-refractivity contribution in [3.8, 4) is 0 Å². The van der Waals surface area contributed by atoms with Crippen LogP contribution in [0, 0.1) is 0 Å². The Morgan fingerprint density at radius 1 is 1.50 bits per heavy atom. The van der Waals surface area contributed by atoms with E-state index in [4.69, 9.17) is 0 Å².